The van der Waals surface area contributed by atoms with Crippen LogP contribution >= 0.6 is 11.3 Å². The van der Waals surface area contributed by atoms with Crippen molar-refractivity contribution in [3.8, 4) is 0 Å². The fourth-order valence-electron chi connectivity index (χ4n) is 2.33. The van der Waals surface area contributed by atoms with Crippen LogP contribution in [0.4, 0.5) is 11.4 Å². The Kier molecular flexibility index (Phi) is 4.94. The minimum atomic E-state index is -1.10. The Hall–Kier alpha value is -3.26. The molecular weight excluding hydrogens is 356 g/mol. The fourth-order valence-corrected chi connectivity index (χ4v) is 3.27. The number of fused-ring (bicyclic) bond motifs is 1. The second kappa shape index (κ2) is 7.32. The molecular formula is C18H14N2O5S. The van der Waals surface area contributed by atoms with E-state index in [4.69, 9.17) is 4.74 Å². The van der Waals surface area contributed by atoms with Crippen LogP contribution in [-0.4, -0.2) is 22.9 Å². The number of nitrogens with zero attached hydrogens (tertiary/aromatic N) is 1. The van der Waals surface area contributed by atoms with E-state index in [1.807, 2.05) is 24.3 Å². The number of nitro benzene ring substituents is 1. The number of ether oxygens (including phenoxy) is 1. The molecule has 26 heavy (non-hydrogen) atoms. The van der Waals surface area contributed by atoms with Gasteiger partial charge in [-0.2, -0.15) is 0 Å². The molecule has 1 aromatic heterocycles. The molecule has 0 unspecified atom stereocenters. The van der Waals surface area contributed by atoms with E-state index >= 15 is 0 Å². The van der Waals surface area contributed by atoms with Crippen LogP contribution in [0.1, 0.15) is 16.6 Å². The SMILES string of the molecule is C[C@H](OC(=O)c1cc2ccccc2s1)C(=O)Nc1ccccc1[N+](=O)[O-]. The molecule has 7 nitrogen and oxygen atoms in total. The summed E-state index contributed by atoms with van der Waals surface area (Å²) < 4.78 is 6.13. The first-order valence-electron chi connectivity index (χ1n) is 7.69. The molecule has 0 aliphatic carbocycles. The molecule has 0 saturated carbocycles. The van der Waals surface area contributed by atoms with Crippen LogP contribution in [0.3, 0.4) is 0 Å². The summed E-state index contributed by atoms with van der Waals surface area (Å²) >= 11 is 1.27. The van der Waals surface area contributed by atoms with Gasteiger partial charge >= 0.3 is 5.97 Å². The first-order chi connectivity index (χ1) is 12.5. The van der Waals surface area contributed by atoms with E-state index in [1.54, 1.807) is 12.1 Å². The minimum absolute atomic E-state index is 0.0484. The molecule has 0 fully saturated rings. The Labute approximate surface area is 152 Å². The molecule has 0 bridgehead atoms. The van der Waals surface area contributed by atoms with Crippen LogP contribution in [0, 0.1) is 10.1 Å². The van der Waals surface area contributed by atoms with Crippen molar-refractivity contribution in [3.63, 3.8) is 0 Å². The van der Waals surface area contributed by atoms with Crippen molar-refractivity contribution in [2.24, 2.45) is 0 Å². The van der Waals surface area contributed by atoms with Crippen molar-refractivity contribution in [2.75, 3.05) is 5.32 Å². The first kappa shape index (κ1) is 17.6. The van der Waals surface area contributed by atoms with E-state index in [2.05, 4.69) is 5.32 Å². The lowest BCUT2D eigenvalue weighted by atomic mass is 10.2. The van der Waals surface area contributed by atoms with Gasteiger partial charge in [-0.1, -0.05) is 30.3 Å². The highest BCUT2D eigenvalue weighted by Crippen LogP contribution is 2.26. The average Bonchev–Trinajstić information content (AvgIpc) is 3.06. The van der Waals surface area contributed by atoms with Crippen LogP contribution in [0.5, 0.6) is 0 Å². The molecule has 3 rings (SSSR count). The van der Waals surface area contributed by atoms with Gasteiger partial charge in [0.25, 0.3) is 11.6 Å². The van der Waals surface area contributed by atoms with Crippen molar-refractivity contribution in [3.05, 3.63) is 69.6 Å². The predicted molar refractivity (Wildman–Crippen MR) is 98.4 cm³/mol. The molecule has 0 saturated heterocycles. The van der Waals surface area contributed by atoms with Gasteiger partial charge in [0.1, 0.15) is 10.6 Å². The summed E-state index contributed by atoms with van der Waals surface area (Å²) in [7, 11) is 0. The summed E-state index contributed by atoms with van der Waals surface area (Å²) in [5, 5.41) is 14.3. The number of anilines is 1. The number of rotatable bonds is 5. The molecule has 0 radical (unpaired) electrons. The maximum atomic E-state index is 12.3. The van der Waals surface area contributed by atoms with Gasteiger partial charge in [0.15, 0.2) is 6.10 Å². The second-order valence-electron chi connectivity index (χ2n) is 5.46. The second-order valence-corrected chi connectivity index (χ2v) is 6.54. The summed E-state index contributed by atoms with van der Waals surface area (Å²) in [6.07, 6.45) is -1.10. The number of hydrogen-bond donors (Lipinski definition) is 1. The van der Waals surface area contributed by atoms with Gasteiger partial charge in [0.2, 0.25) is 0 Å². The third-order valence-electron chi connectivity index (χ3n) is 3.64. The highest BCUT2D eigenvalue weighted by molar-refractivity contribution is 7.20. The van der Waals surface area contributed by atoms with E-state index in [0.29, 0.717) is 4.88 Å². The van der Waals surface area contributed by atoms with Crippen LogP contribution in [0.25, 0.3) is 10.1 Å². The summed E-state index contributed by atoms with van der Waals surface area (Å²) in [5.74, 6) is -1.26. The molecule has 1 N–H and O–H groups in total. The van der Waals surface area contributed by atoms with Gasteiger partial charge in [-0.15, -0.1) is 11.3 Å². The number of amides is 1. The van der Waals surface area contributed by atoms with Gasteiger partial charge < -0.3 is 10.1 Å². The number of nitrogens with one attached hydrogen (secondary N) is 1. The van der Waals surface area contributed by atoms with Crippen molar-refractivity contribution in [2.45, 2.75) is 13.0 Å². The van der Waals surface area contributed by atoms with Gasteiger partial charge in [-0.3, -0.25) is 14.9 Å². The number of hydrogen-bond acceptors (Lipinski definition) is 6. The number of para-hydroxylation sites is 2. The molecule has 8 heteroatoms. The van der Waals surface area contributed by atoms with Crippen molar-refractivity contribution in [1.82, 2.24) is 0 Å². The number of benzene rings is 2. The zero-order chi connectivity index (χ0) is 18.7. The highest BCUT2D eigenvalue weighted by Gasteiger charge is 2.23. The Morgan fingerprint density at radius 1 is 1.15 bits per heavy atom. The number of carbonyl (C=O) groups is 2. The quantitative estimate of drug-likeness (QED) is 0.416. The number of esters is 1. The molecule has 1 amide bonds. The van der Waals surface area contributed by atoms with Gasteiger partial charge in [-0.05, 0) is 30.5 Å². The van der Waals surface area contributed by atoms with Crippen molar-refractivity contribution < 1.29 is 19.2 Å². The Morgan fingerprint density at radius 2 is 1.85 bits per heavy atom. The molecule has 0 spiro atoms. The third-order valence-corrected chi connectivity index (χ3v) is 4.73. The maximum Gasteiger partial charge on any atom is 0.349 e. The summed E-state index contributed by atoms with van der Waals surface area (Å²) in [6, 6.07) is 15.0. The normalized spacial score (nSPS) is 11.7. The number of thiophene rings is 1. The maximum absolute atomic E-state index is 12.3. The lowest BCUT2D eigenvalue weighted by molar-refractivity contribution is -0.383. The first-order valence-corrected chi connectivity index (χ1v) is 8.51. The van der Waals surface area contributed by atoms with E-state index in [1.165, 1.54) is 36.5 Å². The van der Waals surface area contributed by atoms with E-state index in [0.717, 1.165) is 10.1 Å². The van der Waals surface area contributed by atoms with E-state index < -0.39 is 22.9 Å². The average molecular weight is 370 g/mol. The molecule has 1 atom stereocenters. The molecule has 2 aromatic carbocycles. The van der Waals surface area contributed by atoms with Gasteiger partial charge in [0.05, 0.1) is 4.92 Å². The largest absolute Gasteiger partial charge is 0.448 e. The number of carbonyl (C=O) groups excluding carboxylic acids is 2. The monoisotopic (exact) mass is 370 g/mol. The number of nitro groups is 1. The van der Waals surface area contributed by atoms with Crippen LogP contribution < -0.4 is 5.32 Å². The molecule has 1 heterocycles. The molecule has 3 aromatic rings. The predicted octanol–water partition coefficient (Wildman–Crippen LogP) is 3.99. The van der Waals surface area contributed by atoms with Crippen LogP contribution in [-0.2, 0) is 9.53 Å². The van der Waals surface area contributed by atoms with Crippen molar-refractivity contribution >= 4 is 44.7 Å². The summed E-state index contributed by atoms with van der Waals surface area (Å²) in [6.45, 7) is 1.41. The highest BCUT2D eigenvalue weighted by atomic mass is 32.1. The molecule has 0 aliphatic rings. The lowest BCUT2D eigenvalue weighted by Crippen LogP contribution is -2.30. The smallest absolute Gasteiger partial charge is 0.349 e. The molecule has 132 valence electrons. The zero-order valence-electron chi connectivity index (χ0n) is 13.7. The van der Waals surface area contributed by atoms with E-state index in [-0.39, 0.29) is 11.4 Å². The Bertz CT molecular complexity index is 965. The third kappa shape index (κ3) is 3.70. The van der Waals surface area contributed by atoms with Crippen LogP contribution in [0.2, 0.25) is 0 Å². The van der Waals surface area contributed by atoms with Crippen LogP contribution in [0.15, 0.2) is 54.6 Å². The standard InChI is InChI=1S/C18H14N2O5S/c1-11(17(21)19-13-7-3-4-8-14(13)20(23)24)25-18(22)16-10-12-6-2-5-9-15(12)26-16/h2-11H,1H3,(H,19,21)/t11-/m0/s1. The van der Waals surface area contributed by atoms with Gasteiger partial charge in [-0.25, -0.2) is 4.79 Å². The lowest BCUT2D eigenvalue weighted by Gasteiger charge is -2.13. The topological polar surface area (TPSA) is 98.5 Å². The van der Waals surface area contributed by atoms with Crippen molar-refractivity contribution in [1.29, 1.82) is 0 Å². The van der Waals surface area contributed by atoms with Gasteiger partial charge in [0, 0.05) is 10.8 Å². The minimum Gasteiger partial charge on any atom is -0.448 e. The summed E-state index contributed by atoms with van der Waals surface area (Å²) in [5.41, 5.74) is -0.184. The Morgan fingerprint density at radius 3 is 2.58 bits per heavy atom. The van der Waals surface area contributed by atoms with E-state index in [9.17, 15) is 19.7 Å². The summed E-state index contributed by atoms with van der Waals surface area (Å²) in [4.78, 5) is 35.3. The zero-order valence-corrected chi connectivity index (χ0v) is 14.5. The molecule has 0 aliphatic heterocycles. The fraction of sp³-hybridized carbons (Fsp3) is 0.111. The Balaban J connectivity index is 1.69.